The molecule has 1 aromatic heterocycles. The van der Waals surface area contributed by atoms with Crippen molar-refractivity contribution < 1.29 is 28.9 Å². The van der Waals surface area contributed by atoms with Crippen LogP contribution < -0.4 is 19.1 Å². The van der Waals surface area contributed by atoms with E-state index >= 15 is 0 Å². The van der Waals surface area contributed by atoms with Crippen LogP contribution >= 0.6 is 11.3 Å². The van der Waals surface area contributed by atoms with E-state index in [1.165, 1.54) is 16.2 Å². The molecule has 1 aliphatic rings. The van der Waals surface area contributed by atoms with Gasteiger partial charge in [-0.25, -0.2) is 0 Å². The van der Waals surface area contributed by atoms with E-state index < -0.39 is 17.7 Å². The number of carbonyl (C=O) groups excluding carboxylic acids is 2. The number of aliphatic hydroxyl groups excluding tert-OH is 1. The summed E-state index contributed by atoms with van der Waals surface area (Å²) in [7, 11) is 0. The molecule has 1 fully saturated rings. The van der Waals surface area contributed by atoms with Crippen LogP contribution in [0.15, 0.2) is 48.0 Å². The molecule has 1 amide bonds. The van der Waals surface area contributed by atoms with Gasteiger partial charge in [-0.05, 0) is 74.6 Å². The highest BCUT2D eigenvalue weighted by atomic mass is 32.1. The zero-order chi connectivity index (χ0) is 28.8. The fraction of sp³-hybridized carbons (Fsp3) is 0.400. The number of aromatic nitrogens is 2. The van der Waals surface area contributed by atoms with Gasteiger partial charge >= 0.3 is 5.91 Å². The average molecular weight is 566 g/mol. The first-order chi connectivity index (χ1) is 19.2. The number of hydrogen-bond donors (Lipinski definition) is 1. The summed E-state index contributed by atoms with van der Waals surface area (Å²) < 4.78 is 17.5. The van der Waals surface area contributed by atoms with Crippen molar-refractivity contribution in [3.8, 4) is 17.2 Å². The molecule has 0 aliphatic carbocycles. The Morgan fingerprint density at radius 2 is 1.75 bits per heavy atom. The standard InChI is InChI=1S/C30H35N3O6S/c1-6-15-38-22-11-8-20(9-12-22)27(34)25-26(33(29(36)28(25)35)30-32-31-19(5)40-30)21-10-13-23(24(17-21)37-7-2)39-16-14-18(3)4/h8-13,17-18,26,34H,6-7,14-16H2,1-5H3. The maximum Gasteiger partial charge on any atom is 0.301 e. The SMILES string of the molecule is CCCOc1ccc(C(O)=C2C(=O)C(=O)N(c3nnc(C)s3)C2c2ccc(OCCC(C)C)c(OCC)c2)cc1. The number of anilines is 1. The summed E-state index contributed by atoms with van der Waals surface area (Å²) in [5, 5.41) is 20.5. The third kappa shape index (κ3) is 6.28. The van der Waals surface area contributed by atoms with E-state index in [4.69, 9.17) is 14.2 Å². The molecule has 0 bridgehead atoms. The third-order valence-electron chi connectivity index (χ3n) is 6.30. The van der Waals surface area contributed by atoms with Gasteiger partial charge in [-0.1, -0.05) is 38.2 Å². The topological polar surface area (TPSA) is 111 Å². The van der Waals surface area contributed by atoms with Crippen molar-refractivity contribution in [3.05, 3.63) is 64.2 Å². The van der Waals surface area contributed by atoms with Crippen LogP contribution in [0.3, 0.4) is 0 Å². The average Bonchev–Trinajstić information content (AvgIpc) is 3.48. The smallest absolute Gasteiger partial charge is 0.301 e. The molecule has 2 heterocycles. The molecule has 10 heteroatoms. The molecule has 1 N–H and O–H groups in total. The molecule has 0 saturated carbocycles. The van der Waals surface area contributed by atoms with E-state index in [0.29, 0.717) is 59.1 Å². The number of aryl methyl sites for hydroxylation is 1. The Morgan fingerprint density at radius 1 is 1.00 bits per heavy atom. The summed E-state index contributed by atoms with van der Waals surface area (Å²) in [5.74, 6) is 0.297. The van der Waals surface area contributed by atoms with Crippen LogP contribution in [0.4, 0.5) is 5.13 Å². The highest BCUT2D eigenvalue weighted by Gasteiger charge is 2.48. The number of ether oxygens (including phenoxy) is 3. The lowest BCUT2D eigenvalue weighted by Crippen LogP contribution is -2.29. The highest BCUT2D eigenvalue weighted by molar-refractivity contribution is 7.15. The molecule has 0 radical (unpaired) electrons. The number of nitrogens with zero attached hydrogens (tertiary/aromatic N) is 3. The molecule has 4 rings (SSSR count). The molecule has 40 heavy (non-hydrogen) atoms. The number of amides is 1. The number of ketones is 1. The Morgan fingerprint density at radius 3 is 2.38 bits per heavy atom. The van der Waals surface area contributed by atoms with Crippen molar-refractivity contribution in [1.82, 2.24) is 10.2 Å². The Bertz CT molecular complexity index is 1380. The van der Waals surface area contributed by atoms with E-state index in [1.807, 2.05) is 13.8 Å². The molecule has 212 valence electrons. The van der Waals surface area contributed by atoms with E-state index in [2.05, 4.69) is 24.0 Å². The maximum atomic E-state index is 13.5. The molecule has 1 saturated heterocycles. The Balaban J connectivity index is 1.81. The number of Topliss-reactive ketones (excluding diaryl/α,β-unsaturated/α-hetero) is 1. The number of carbonyl (C=O) groups is 2. The van der Waals surface area contributed by atoms with Crippen molar-refractivity contribution in [2.24, 2.45) is 5.92 Å². The van der Waals surface area contributed by atoms with E-state index in [1.54, 1.807) is 49.4 Å². The molecular weight excluding hydrogens is 530 g/mol. The minimum atomic E-state index is -0.952. The molecule has 2 aromatic carbocycles. The van der Waals surface area contributed by atoms with Crippen molar-refractivity contribution in [3.63, 3.8) is 0 Å². The Labute approximate surface area is 238 Å². The largest absolute Gasteiger partial charge is 0.507 e. The molecule has 3 aromatic rings. The normalized spacial score (nSPS) is 16.6. The summed E-state index contributed by atoms with van der Waals surface area (Å²) in [4.78, 5) is 28.1. The van der Waals surface area contributed by atoms with Crippen molar-refractivity contribution in [1.29, 1.82) is 0 Å². The first kappa shape index (κ1) is 29.1. The second kappa shape index (κ2) is 13.0. The number of aliphatic hydroxyl groups is 1. The number of rotatable bonds is 12. The van der Waals surface area contributed by atoms with Gasteiger partial charge in [-0.2, -0.15) is 0 Å². The molecule has 0 spiro atoms. The fourth-order valence-electron chi connectivity index (χ4n) is 4.30. The van der Waals surface area contributed by atoms with Crippen LogP contribution in [0.5, 0.6) is 17.2 Å². The van der Waals surface area contributed by atoms with Crippen molar-refractivity contribution in [2.45, 2.75) is 53.5 Å². The summed E-state index contributed by atoms with van der Waals surface area (Å²) >= 11 is 1.19. The monoisotopic (exact) mass is 565 g/mol. The molecular formula is C30H35N3O6S. The number of benzene rings is 2. The second-order valence-corrected chi connectivity index (χ2v) is 11.0. The third-order valence-corrected chi connectivity index (χ3v) is 7.14. The molecule has 1 aliphatic heterocycles. The van der Waals surface area contributed by atoms with Crippen molar-refractivity contribution >= 4 is 33.9 Å². The van der Waals surface area contributed by atoms with Gasteiger partial charge in [-0.15, -0.1) is 10.2 Å². The van der Waals surface area contributed by atoms with Gasteiger partial charge in [0, 0.05) is 5.56 Å². The van der Waals surface area contributed by atoms with Gasteiger partial charge in [0.1, 0.15) is 16.5 Å². The van der Waals surface area contributed by atoms with E-state index in [0.717, 1.165) is 12.8 Å². The van der Waals surface area contributed by atoms with E-state index in [9.17, 15) is 14.7 Å². The van der Waals surface area contributed by atoms with Gasteiger partial charge in [-0.3, -0.25) is 14.5 Å². The van der Waals surface area contributed by atoms with Crippen molar-refractivity contribution in [2.75, 3.05) is 24.7 Å². The summed E-state index contributed by atoms with van der Waals surface area (Å²) in [5.41, 5.74) is 0.908. The van der Waals surface area contributed by atoms with Gasteiger partial charge in [0.2, 0.25) is 5.13 Å². The second-order valence-electron chi connectivity index (χ2n) is 9.82. The summed E-state index contributed by atoms with van der Waals surface area (Å²) in [6.07, 6.45) is 1.74. The maximum absolute atomic E-state index is 13.5. The lowest BCUT2D eigenvalue weighted by Gasteiger charge is -2.24. The van der Waals surface area contributed by atoms with Gasteiger partial charge in [0.15, 0.2) is 11.5 Å². The van der Waals surface area contributed by atoms with Gasteiger partial charge in [0.05, 0.1) is 31.4 Å². The minimum absolute atomic E-state index is 0.0454. The van der Waals surface area contributed by atoms with Crippen LogP contribution in [0.2, 0.25) is 0 Å². The van der Waals surface area contributed by atoms with Gasteiger partial charge < -0.3 is 19.3 Å². The lowest BCUT2D eigenvalue weighted by atomic mass is 9.95. The fourth-order valence-corrected chi connectivity index (χ4v) is 5.01. The van der Waals surface area contributed by atoms with Crippen LogP contribution in [0, 0.1) is 12.8 Å². The molecule has 1 atom stereocenters. The number of hydrogen-bond acceptors (Lipinski definition) is 9. The Hall–Kier alpha value is -3.92. The lowest BCUT2D eigenvalue weighted by molar-refractivity contribution is -0.132. The zero-order valence-corrected chi connectivity index (χ0v) is 24.3. The van der Waals surface area contributed by atoms with Crippen LogP contribution in [0.25, 0.3) is 5.76 Å². The van der Waals surface area contributed by atoms with Crippen LogP contribution in [-0.2, 0) is 9.59 Å². The van der Waals surface area contributed by atoms with Gasteiger partial charge in [0.25, 0.3) is 5.78 Å². The minimum Gasteiger partial charge on any atom is -0.507 e. The van der Waals surface area contributed by atoms with Crippen LogP contribution in [-0.4, -0.2) is 46.8 Å². The highest BCUT2D eigenvalue weighted by Crippen LogP contribution is 2.45. The zero-order valence-electron chi connectivity index (χ0n) is 23.5. The molecule has 9 nitrogen and oxygen atoms in total. The molecule has 1 unspecified atom stereocenters. The Kier molecular flexibility index (Phi) is 9.42. The summed E-state index contributed by atoms with van der Waals surface area (Å²) in [6, 6.07) is 11.1. The van der Waals surface area contributed by atoms with Crippen LogP contribution in [0.1, 0.15) is 62.7 Å². The first-order valence-electron chi connectivity index (χ1n) is 13.5. The summed E-state index contributed by atoms with van der Waals surface area (Å²) in [6.45, 7) is 11.4. The van der Waals surface area contributed by atoms with E-state index in [-0.39, 0.29) is 16.5 Å². The predicted octanol–water partition coefficient (Wildman–Crippen LogP) is 6.09. The first-order valence-corrected chi connectivity index (χ1v) is 14.3. The quantitative estimate of drug-likeness (QED) is 0.160. The predicted molar refractivity (Wildman–Crippen MR) is 154 cm³/mol.